The lowest BCUT2D eigenvalue weighted by Gasteiger charge is -1.96. The molecular weight excluding hydrogens is 230 g/mol. The summed E-state index contributed by atoms with van der Waals surface area (Å²) in [5.41, 5.74) is 8.12. The van der Waals surface area contributed by atoms with Crippen molar-refractivity contribution in [1.29, 1.82) is 0 Å². The van der Waals surface area contributed by atoms with Gasteiger partial charge in [0.2, 0.25) is 0 Å². The number of nitrogens with two attached hydrogens (primary N) is 1. The minimum absolute atomic E-state index is 0.530. The number of hydrogen-bond donors (Lipinski definition) is 1. The van der Waals surface area contributed by atoms with Crippen LogP contribution in [0, 0.1) is 6.92 Å². The lowest BCUT2D eigenvalue weighted by molar-refractivity contribution is 0.598. The largest absolute Gasteiger partial charge is 0.329 e. The number of hydrogen-bond acceptors (Lipinski definition) is 5. The highest BCUT2D eigenvalue weighted by atomic mass is 15.4. The first-order chi connectivity index (χ1) is 8.78. The molecule has 3 aromatic rings. The molecule has 0 atom stereocenters. The van der Waals surface area contributed by atoms with E-state index in [1.165, 1.54) is 0 Å². The van der Waals surface area contributed by atoms with Crippen molar-refractivity contribution in [3.05, 3.63) is 30.1 Å². The number of aryl methyl sites for hydroxylation is 1. The Morgan fingerprint density at radius 2 is 2.17 bits per heavy atom. The zero-order chi connectivity index (χ0) is 12.5. The first kappa shape index (κ1) is 10.8. The van der Waals surface area contributed by atoms with Gasteiger partial charge in [0.05, 0.1) is 12.7 Å². The van der Waals surface area contributed by atoms with Crippen molar-refractivity contribution in [2.24, 2.45) is 5.73 Å². The van der Waals surface area contributed by atoms with E-state index in [0.717, 1.165) is 11.2 Å². The van der Waals surface area contributed by atoms with Gasteiger partial charge in [-0.15, -0.1) is 15.3 Å². The van der Waals surface area contributed by atoms with Crippen LogP contribution in [0.2, 0.25) is 0 Å². The van der Waals surface area contributed by atoms with Gasteiger partial charge in [-0.3, -0.25) is 9.08 Å². The van der Waals surface area contributed by atoms with Gasteiger partial charge in [0.15, 0.2) is 17.2 Å². The van der Waals surface area contributed by atoms with Crippen LogP contribution in [0.1, 0.15) is 5.56 Å². The average molecular weight is 243 g/mol. The zero-order valence-corrected chi connectivity index (χ0v) is 9.98. The molecule has 18 heavy (non-hydrogen) atoms. The van der Waals surface area contributed by atoms with E-state index in [2.05, 4.69) is 20.5 Å². The van der Waals surface area contributed by atoms with Crippen LogP contribution < -0.4 is 5.73 Å². The van der Waals surface area contributed by atoms with Crippen LogP contribution in [0.3, 0.4) is 0 Å². The summed E-state index contributed by atoms with van der Waals surface area (Å²) in [6.07, 6.45) is 3.76. The van der Waals surface area contributed by atoms with Gasteiger partial charge in [-0.1, -0.05) is 5.21 Å². The highest BCUT2D eigenvalue weighted by molar-refractivity contribution is 5.54. The molecule has 0 aromatic carbocycles. The molecule has 7 nitrogen and oxygen atoms in total. The van der Waals surface area contributed by atoms with E-state index in [-0.39, 0.29) is 0 Å². The van der Waals surface area contributed by atoms with E-state index < -0.39 is 0 Å². The Morgan fingerprint density at radius 3 is 3.00 bits per heavy atom. The van der Waals surface area contributed by atoms with E-state index in [9.17, 15) is 0 Å². The van der Waals surface area contributed by atoms with E-state index in [4.69, 9.17) is 5.73 Å². The summed E-state index contributed by atoms with van der Waals surface area (Å²) in [5, 5.41) is 16.3. The molecular formula is C11H13N7. The highest BCUT2D eigenvalue weighted by Gasteiger charge is 2.11. The fourth-order valence-corrected chi connectivity index (χ4v) is 1.81. The maximum absolute atomic E-state index is 5.47. The molecule has 0 unspecified atom stereocenters. The van der Waals surface area contributed by atoms with Crippen molar-refractivity contribution in [2.45, 2.75) is 13.5 Å². The van der Waals surface area contributed by atoms with Crippen molar-refractivity contribution in [3.63, 3.8) is 0 Å². The third-order valence-electron chi connectivity index (χ3n) is 2.69. The molecule has 0 radical (unpaired) electrons. The van der Waals surface area contributed by atoms with Crippen LogP contribution in [0.25, 0.3) is 17.2 Å². The molecule has 3 heterocycles. The summed E-state index contributed by atoms with van der Waals surface area (Å²) >= 11 is 0. The molecule has 3 rings (SSSR count). The fourth-order valence-electron chi connectivity index (χ4n) is 1.81. The normalized spacial score (nSPS) is 11.2. The molecule has 0 aliphatic rings. The van der Waals surface area contributed by atoms with Crippen molar-refractivity contribution < 1.29 is 0 Å². The van der Waals surface area contributed by atoms with E-state index in [1.54, 1.807) is 4.68 Å². The molecule has 2 N–H and O–H groups in total. The third kappa shape index (κ3) is 1.74. The summed E-state index contributed by atoms with van der Waals surface area (Å²) in [4.78, 5) is 0. The summed E-state index contributed by atoms with van der Waals surface area (Å²) in [7, 11) is 0. The van der Waals surface area contributed by atoms with Crippen molar-refractivity contribution in [3.8, 4) is 11.5 Å². The zero-order valence-electron chi connectivity index (χ0n) is 9.98. The number of fused-ring (bicyclic) bond motifs is 1. The lowest BCUT2D eigenvalue weighted by atomic mass is 10.3. The minimum Gasteiger partial charge on any atom is -0.329 e. The molecule has 7 heteroatoms. The van der Waals surface area contributed by atoms with Gasteiger partial charge in [-0.2, -0.15) is 0 Å². The Balaban J connectivity index is 2.07. The van der Waals surface area contributed by atoms with Crippen LogP contribution in [-0.2, 0) is 6.54 Å². The molecule has 0 saturated heterocycles. The van der Waals surface area contributed by atoms with Gasteiger partial charge >= 0.3 is 0 Å². The second-order valence-corrected chi connectivity index (χ2v) is 4.11. The third-order valence-corrected chi connectivity index (χ3v) is 2.69. The molecule has 0 spiro atoms. The monoisotopic (exact) mass is 243 g/mol. The summed E-state index contributed by atoms with van der Waals surface area (Å²) in [6, 6.07) is 3.98. The van der Waals surface area contributed by atoms with Crippen molar-refractivity contribution in [1.82, 2.24) is 29.6 Å². The highest BCUT2D eigenvalue weighted by Crippen LogP contribution is 2.15. The van der Waals surface area contributed by atoms with Gasteiger partial charge in [-0.25, -0.2) is 0 Å². The standard InChI is InChI=1S/C11H13N7/c1-8-2-4-18-10(6-8)14-15-11(18)9-7-17(5-3-12)16-13-9/h2,4,6-7H,3,5,12H2,1H3. The van der Waals surface area contributed by atoms with Gasteiger partial charge in [0.1, 0.15) is 0 Å². The van der Waals surface area contributed by atoms with Crippen molar-refractivity contribution >= 4 is 5.65 Å². The minimum atomic E-state index is 0.530. The Bertz CT molecular complexity index is 682. The molecule has 0 aliphatic heterocycles. The Labute approximate surface area is 103 Å². The Morgan fingerprint density at radius 1 is 1.28 bits per heavy atom. The predicted octanol–water partition coefficient (Wildman–Crippen LogP) is 0.255. The molecule has 92 valence electrons. The van der Waals surface area contributed by atoms with Gasteiger partial charge < -0.3 is 5.73 Å². The van der Waals surface area contributed by atoms with Crippen LogP contribution in [0.5, 0.6) is 0 Å². The Kier molecular flexibility index (Phi) is 2.52. The van der Waals surface area contributed by atoms with Gasteiger partial charge in [0, 0.05) is 12.7 Å². The van der Waals surface area contributed by atoms with Crippen LogP contribution in [0.15, 0.2) is 24.5 Å². The molecule has 0 saturated carbocycles. The van der Waals surface area contributed by atoms with E-state index >= 15 is 0 Å². The molecule has 0 aliphatic carbocycles. The smallest absolute Gasteiger partial charge is 0.190 e. The molecule has 0 bridgehead atoms. The lowest BCUT2D eigenvalue weighted by Crippen LogP contribution is -2.10. The second kappa shape index (κ2) is 4.19. The number of nitrogens with zero attached hydrogens (tertiary/aromatic N) is 6. The summed E-state index contributed by atoms with van der Waals surface area (Å²) in [6.45, 7) is 3.19. The maximum Gasteiger partial charge on any atom is 0.190 e. The first-order valence-corrected chi connectivity index (χ1v) is 5.70. The predicted molar refractivity (Wildman–Crippen MR) is 65.8 cm³/mol. The second-order valence-electron chi connectivity index (χ2n) is 4.11. The quantitative estimate of drug-likeness (QED) is 0.712. The summed E-state index contributed by atoms with van der Waals surface area (Å²) < 4.78 is 3.59. The van der Waals surface area contributed by atoms with E-state index in [0.29, 0.717) is 24.6 Å². The summed E-state index contributed by atoms with van der Waals surface area (Å²) in [5.74, 6) is 0.688. The van der Waals surface area contributed by atoms with E-state index in [1.807, 2.05) is 35.9 Å². The number of aromatic nitrogens is 6. The van der Waals surface area contributed by atoms with Gasteiger partial charge in [-0.05, 0) is 24.6 Å². The first-order valence-electron chi connectivity index (χ1n) is 5.70. The SMILES string of the molecule is Cc1ccn2c(-c3cn(CCN)nn3)nnc2c1. The topological polar surface area (TPSA) is 86.9 Å². The maximum atomic E-state index is 5.47. The van der Waals surface area contributed by atoms with Crippen LogP contribution in [0.4, 0.5) is 0 Å². The molecule has 0 fully saturated rings. The Hall–Kier alpha value is -2.28. The van der Waals surface area contributed by atoms with Crippen LogP contribution in [-0.4, -0.2) is 36.1 Å². The van der Waals surface area contributed by atoms with Crippen molar-refractivity contribution in [2.75, 3.05) is 6.54 Å². The molecule has 0 amide bonds. The fraction of sp³-hybridized carbons (Fsp3) is 0.273. The molecule has 3 aromatic heterocycles. The van der Waals surface area contributed by atoms with Gasteiger partial charge in [0.25, 0.3) is 0 Å². The number of pyridine rings is 1. The number of rotatable bonds is 3. The average Bonchev–Trinajstić information content (AvgIpc) is 2.95. The van der Waals surface area contributed by atoms with Crippen LogP contribution >= 0.6 is 0 Å².